The summed E-state index contributed by atoms with van der Waals surface area (Å²) in [6.45, 7) is 1.67. The number of benzene rings is 2. The van der Waals surface area contributed by atoms with E-state index in [4.69, 9.17) is 0 Å². The lowest BCUT2D eigenvalue weighted by Crippen LogP contribution is -2.19. The Labute approximate surface area is 121 Å². The fourth-order valence-electron chi connectivity index (χ4n) is 1.70. The lowest BCUT2D eigenvalue weighted by Gasteiger charge is -2.03. The number of amides is 1. The monoisotopic (exact) mass is 283 g/mol. The summed E-state index contributed by atoms with van der Waals surface area (Å²) in [7, 11) is 0. The number of hydrogen-bond acceptors (Lipinski definition) is 4. The number of carbonyl (C=O) groups excluding carboxylic acids is 1. The molecule has 6 heteroatoms. The van der Waals surface area contributed by atoms with Crippen molar-refractivity contribution in [1.82, 2.24) is 5.43 Å². The van der Waals surface area contributed by atoms with Crippen LogP contribution >= 0.6 is 0 Å². The van der Waals surface area contributed by atoms with Crippen LogP contribution in [0.25, 0.3) is 0 Å². The molecular weight excluding hydrogens is 270 g/mol. The summed E-state index contributed by atoms with van der Waals surface area (Å²) < 4.78 is 0. The third kappa shape index (κ3) is 3.73. The van der Waals surface area contributed by atoms with Gasteiger partial charge in [-0.05, 0) is 19.1 Å². The van der Waals surface area contributed by atoms with Crippen molar-refractivity contribution in [2.75, 3.05) is 0 Å². The van der Waals surface area contributed by atoms with Crippen LogP contribution < -0.4 is 5.43 Å². The number of carbonyl (C=O) groups is 1. The Hall–Kier alpha value is -3.02. The summed E-state index contributed by atoms with van der Waals surface area (Å²) in [5, 5.41) is 14.7. The summed E-state index contributed by atoms with van der Waals surface area (Å²) in [6.07, 6.45) is 0. The molecule has 6 nitrogen and oxygen atoms in total. The van der Waals surface area contributed by atoms with Gasteiger partial charge in [-0.1, -0.05) is 30.3 Å². The van der Waals surface area contributed by atoms with Gasteiger partial charge >= 0.3 is 0 Å². The summed E-state index contributed by atoms with van der Waals surface area (Å²) in [6, 6.07) is 14.8. The largest absolute Gasteiger partial charge is 0.271 e. The van der Waals surface area contributed by atoms with E-state index in [1.54, 1.807) is 43.3 Å². The Bertz CT molecular complexity index is 696. The van der Waals surface area contributed by atoms with Crippen LogP contribution in [-0.4, -0.2) is 16.5 Å². The standard InChI is InChI=1S/C15H13N3O3/c1-11(13-8-5-9-14(10-13)18(20)21)16-17-15(19)12-6-3-2-4-7-12/h2-10H,1H3,(H,17,19)/b16-11+. The van der Waals surface area contributed by atoms with Gasteiger partial charge in [-0.2, -0.15) is 5.10 Å². The first-order valence-corrected chi connectivity index (χ1v) is 6.22. The van der Waals surface area contributed by atoms with Crippen LogP contribution in [0.1, 0.15) is 22.8 Å². The first-order chi connectivity index (χ1) is 10.1. The molecule has 0 radical (unpaired) electrons. The predicted octanol–water partition coefficient (Wildman–Crippen LogP) is 2.75. The van der Waals surface area contributed by atoms with E-state index in [2.05, 4.69) is 10.5 Å². The minimum Gasteiger partial charge on any atom is -0.267 e. The molecule has 0 spiro atoms. The quantitative estimate of drug-likeness (QED) is 0.532. The highest BCUT2D eigenvalue weighted by Crippen LogP contribution is 2.13. The Morgan fingerprint density at radius 2 is 1.76 bits per heavy atom. The molecule has 0 atom stereocenters. The number of nitro benzene ring substituents is 1. The zero-order chi connectivity index (χ0) is 15.2. The highest BCUT2D eigenvalue weighted by molar-refractivity contribution is 6.01. The minimum atomic E-state index is -0.473. The number of hydrogen-bond donors (Lipinski definition) is 1. The molecule has 1 N–H and O–H groups in total. The first-order valence-electron chi connectivity index (χ1n) is 6.22. The second kappa shape index (κ2) is 6.42. The average molecular weight is 283 g/mol. The molecule has 0 bridgehead atoms. The molecule has 2 aromatic rings. The maximum absolute atomic E-state index is 11.8. The van der Waals surface area contributed by atoms with Crippen LogP contribution in [0.4, 0.5) is 5.69 Å². The van der Waals surface area contributed by atoms with E-state index in [1.165, 1.54) is 12.1 Å². The van der Waals surface area contributed by atoms with Crippen LogP contribution in [0.3, 0.4) is 0 Å². The molecule has 0 aliphatic heterocycles. The minimum absolute atomic E-state index is 0.0172. The van der Waals surface area contributed by atoms with Gasteiger partial charge in [0.15, 0.2) is 0 Å². The third-order valence-corrected chi connectivity index (χ3v) is 2.84. The fourth-order valence-corrected chi connectivity index (χ4v) is 1.70. The van der Waals surface area contributed by atoms with Crippen molar-refractivity contribution >= 4 is 17.3 Å². The Balaban J connectivity index is 2.13. The van der Waals surface area contributed by atoms with E-state index in [0.29, 0.717) is 16.8 Å². The average Bonchev–Trinajstić information content (AvgIpc) is 2.53. The van der Waals surface area contributed by atoms with Crippen molar-refractivity contribution in [2.45, 2.75) is 6.92 Å². The Morgan fingerprint density at radius 3 is 2.43 bits per heavy atom. The molecule has 2 aromatic carbocycles. The van der Waals surface area contributed by atoms with E-state index in [0.717, 1.165) is 0 Å². The molecule has 0 aliphatic carbocycles. The number of non-ortho nitro benzene ring substituents is 1. The van der Waals surface area contributed by atoms with Crippen LogP contribution in [0.2, 0.25) is 0 Å². The molecule has 0 saturated heterocycles. The van der Waals surface area contributed by atoms with E-state index in [1.807, 2.05) is 6.07 Å². The predicted molar refractivity (Wildman–Crippen MR) is 79.2 cm³/mol. The van der Waals surface area contributed by atoms with Gasteiger partial charge in [0, 0.05) is 23.3 Å². The second-order valence-corrected chi connectivity index (χ2v) is 4.31. The van der Waals surface area contributed by atoms with Crippen LogP contribution in [0.5, 0.6) is 0 Å². The van der Waals surface area contributed by atoms with Crippen LogP contribution in [0.15, 0.2) is 59.7 Å². The van der Waals surface area contributed by atoms with E-state index in [9.17, 15) is 14.9 Å². The SMILES string of the molecule is C/C(=N\NC(=O)c1ccccc1)c1cccc([N+](=O)[O-])c1. The van der Waals surface area contributed by atoms with Gasteiger partial charge in [-0.3, -0.25) is 14.9 Å². The van der Waals surface area contributed by atoms with Gasteiger partial charge in [0.1, 0.15) is 0 Å². The van der Waals surface area contributed by atoms with Crippen molar-refractivity contribution in [2.24, 2.45) is 5.10 Å². The molecule has 0 fully saturated rings. The van der Waals surface area contributed by atoms with Gasteiger partial charge in [0.2, 0.25) is 0 Å². The number of rotatable bonds is 4. The maximum atomic E-state index is 11.8. The van der Waals surface area contributed by atoms with Gasteiger partial charge in [-0.25, -0.2) is 5.43 Å². The molecule has 2 rings (SSSR count). The molecule has 0 unspecified atom stereocenters. The Kier molecular flexibility index (Phi) is 4.40. The van der Waals surface area contributed by atoms with Crippen molar-refractivity contribution in [1.29, 1.82) is 0 Å². The lowest BCUT2D eigenvalue weighted by atomic mass is 10.1. The van der Waals surface area contributed by atoms with Crippen molar-refractivity contribution in [3.8, 4) is 0 Å². The number of nitrogens with one attached hydrogen (secondary N) is 1. The van der Waals surface area contributed by atoms with Crippen molar-refractivity contribution in [3.05, 3.63) is 75.8 Å². The molecule has 21 heavy (non-hydrogen) atoms. The van der Waals surface area contributed by atoms with Gasteiger partial charge in [0.25, 0.3) is 11.6 Å². The van der Waals surface area contributed by atoms with Crippen molar-refractivity contribution in [3.63, 3.8) is 0 Å². The topological polar surface area (TPSA) is 84.6 Å². The number of nitro groups is 1. The molecule has 106 valence electrons. The van der Waals surface area contributed by atoms with Gasteiger partial charge in [-0.15, -0.1) is 0 Å². The second-order valence-electron chi connectivity index (χ2n) is 4.31. The lowest BCUT2D eigenvalue weighted by molar-refractivity contribution is -0.384. The highest BCUT2D eigenvalue weighted by atomic mass is 16.6. The van der Waals surface area contributed by atoms with Gasteiger partial charge in [0.05, 0.1) is 10.6 Å². The van der Waals surface area contributed by atoms with Gasteiger partial charge < -0.3 is 0 Å². The summed E-state index contributed by atoms with van der Waals surface area (Å²) in [5.41, 5.74) is 3.97. The smallest absolute Gasteiger partial charge is 0.267 e. The highest BCUT2D eigenvalue weighted by Gasteiger charge is 2.08. The van der Waals surface area contributed by atoms with E-state index >= 15 is 0 Å². The van der Waals surface area contributed by atoms with E-state index in [-0.39, 0.29) is 11.6 Å². The molecule has 0 aliphatic rings. The summed E-state index contributed by atoms with van der Waals surface area (Å²) in [4.78, 5) is 22.1. The molecule has 1 amide bonds. The van der Waals surface area contributed by atoms with E-state index < -0.39 is 4.92 Å². The zero-order valence-corrected chi connectivity index (χ0v) is 11.3. The fraction of sp³-hybridized carbons (Fsp3) is 0.0667. The number of nitrogens with zero attached hydrogens (tertiary/aromatic N) is 2. The zero-order valence-electron chi connectivity index (χ0n) is 11.3. The normalized spacial score (nSPS) is 11.0. The molecule has 0 aromatic heterocycles. The first kappa shape index (κ1) is 14.4. The van der Waals surface area contributed by atoms with Crippen LogP contribution in [-0.2, 0) is 0 Å². The van der Waals surface area contributed by atoms with Crippen molar-refractivity contribution < 1.29 is 9.72 Å². The number of hydrazone groups is 1. The molecule has 0 saturated carbocycles. The molecule has 0 heterocycles. The third-order valence-electron chi connectivity index (χ3n) is 2.84. The molecular formula is C15H13N3O3. The summed E-state index contributed by atoms with van der Waals surface area (Å²) >= 11 is 0. The van der Waals surface area contributed by atoms with Crippen LogP contribution in [0, 0.1) is 10.1 Å². The Morgan fingerprint density at radius 1 is 1.10 bits per heavy atom. The maximum Gasteiger partial charge on any atom is 0.271 e. The summed E-state index contributed by atoms with van der Waals surface area (Å²) in [5.74, 6) is -0.333.